The van der Waals surface area contributed by atoms with Gasteiger partial charge in [0.2, 0.25) is 0 Å². The van der Waals surface area contributed by atoms with Crippen LogP contribution >= 0.6 is 0 Å². The molecule has 2 unspecified atom stereocenters. The molecule has 0 amide bonds. The van der Waals surface area contributed by atoms with Gasteiger partial charge in [-0.15, -0.1) is 0 Å². The van der Waals surface area contributed by atoms with Crippen molar-refractivity contribution in [3.63, 3.8) is 0 Å². The van der Waals surface area contributed by atoms with Gasteiger partial charge < -0.3 is 5.32 Å². The second-order valence-electron chi connectivity index (χ2n) is 2.73. The molecule has 2 nitrogen and oxygen atoms in total. The molecule has 0 saturated heterocycles. The Labute approximate surface area is 49.0 Å². The molecule has 2 heteroatoms. The first kappa shape index (κ1) is 4.36. The molecule has 0 spiro atoms. The minimum atomic E-state index is 0.634. The molecule has 8 heavy (non-hydrogen) atoms. The summed E-state index contributed by atoms with van der Waals surface area (Å²) in [5.74, 6) is 1.93. The van der Waals surface area contributed by atoms with E-state index in [4.69, 9.17) is 0 Å². The van der Waals surface area contributed by atoms with E-state index in [0.29, 0.717) is 12.1 Å². The molecular formula is C6H10N2. The summed E-state index contributed by atoms with van der Waals surface area (Å²) in [6.07, 6.45) is 0. The van der Waals surface area contributed by atoms with Crippen LogP contribution in [0.4, 0.5) is 0 Å². The van der Waals surface area contributed by atoms with E-state index in [9.17, 15) is 0 Å². The van der Waals surface area contributed by atoms with Gasteiger partial charge in [-0.05, 0) is 6.92 Å². The van der Waals surface area contributed by atoms with Gasteiger partial charge >= 0.3 is 0 Å². The first-order valence-corrected chi connectivity index (χ1v) is 3.10. The maximum absolute atomic E-state index is 4.35. The van der Waals surface area contributed by atoms with Crippen molar-refractivity contribution >= 4 is 5.84 Å². The lowest BCUT2D eigenvalue weighted by Gasteiger charge is -1.96. The summed E-state index contributed by atoms with van der Waals surface area (Å²) < 4.78 is 0. The van der Waals surface area contributed by atoms with Crippen molar-refractivity contribution in [2.24, 2.45) is 10.9 Å². The summed E-state index contributed by atoms with van der Waals surface area (Å²) in [4.78, 5) is 4.35. The fourth-order valence-corrected chi connectivity index (χ4v) is 1.36. The van der Waals surface area contributed by atoms with Gasteiger partial charge in [-0.2, -0.15) is 0 Å². The number of rotatable bonds is 0. The molecule has 0 radical (unpaired) electrons. The van der Waals surface area contributed by atoms with Crippen molar-refractivity contribution in [3.8, 4) is 0 Å². The fourth-order valence-electron chi connectivity index (χ4n) is 1.36. The zero-order chi connectivity index (χ0) is 5.72. The second kappa shape index (κ2) is 1.07. The van der Waals surface area contributed by atoms with Crippen LogP contribution in [0.5, 0.6) is 0 Å². The summed E-state index contributed by atoms with van der Waals surface area (Å²) in [5.41, 5.74) is 0. The Morgan fingerprint density at radius 3 is 2.75 bits per heavy atom. The summed E-state index contributed by atoms with van der Waals surface area (Å²) in [5, 5.41) is 3.29. The smallest absolute Gasteiger partial charge is 0.0939 e. The molecule has 1 heterocycles. The Morgan fingerprint density at radius 1 is 1.62 bits per heavy atom. The molecule has 1 aliphatic heterocycles. The topological polar surface area (TPSA) is 24.4 Å². The number of hydrogen-bond donors (Lipinski definition) is 1. The number of fused-ring (bicyclic) bond motifs is 1. The Kier molecular flexibility index (Phi) is 0.581. The average molecular weight is 110 g/mol. The van der Waals surface area contributed by atoms with E-state index < -0.39 is 0 Å². The van der Waals surface area contributed by atoms with Gasteiger partial charge in [-0.1, -0.05) is 6.92 Å². The third kappa shape index (κ3) is 0.358. The SMILES string of the molecule is CC1=N[C@@H]2C(C)C2N1. The monoisotopic (exact) mass is 110 g/mol. The van der Waals surface area contributed by atoms with Gasteiger partial charge in [0.1, 0.15) is 0 Å². The van der Waals surface area contributed by atoms with Gasteiger partial charge in [0, 0.05) is 5.92 Å². The molecule has 1 N–H and O–H groups in total. The molecule has 2 rings (SSSR count). The quantitative estimate of drug-likeness (QED) is 0.479. The summed E-state index contributed by atoms with van der Waals surface area (Å²) >= 11 is 0. The van der Waals surface area contributed by atoms with Crippen molar-refractivity contribution in [1.82, 2.24) is 5.32 Å². The number of nitrogens with zero attached hydrogens (tertiary/aromatic N) is 1. The van der Waals surface area contributed by atoms with E-state index in [1.807, 2.05) is 6.92 Å². The van der Waals surface area contributed by atoms with Crippen molar-refractivity contribution in [1.29, 1.82) is 0 Å². The molecular weight excluding hydrogens is 100 g/mol. The molecule has 0 aromatic rings. The lowest BCUT2D eigenvalue weighted by atomic mass is 10.4. The van der Waals surface area contributed by atoms with Gasteiger partial charge in [0.25, 0.3) is 0 Å². The lowest BCUT2D eigenvalue weighted by Crippen LogP contribution is -2.20. The number of nitrogens with one attached hydrogen (secondary N) is 1. The van der Waals surface area contributed by atoms with Gasteiger partial charge in [0.05, 0.1) is 17.9 Å². The van der Waals surface area contributed by atoms with Crippen LogP contribution in [-0.4, -0.2) is 17.9 Å². The van der Waals surface area contributed by atoms with E-state index in [-0.39, 0.29) is 0 Å². The fraction of sp³-hybridized carbons (Fsp3) is 0.833. The summed E-state index contributed by atoms with van der Waals surface area (Å²) in [7, 11) is 0. The molecule has 2 aliphatic rings. The molecule has 0 aromatic heterocycles. The molecule has 1 saturated carbocycles. The predicted octanol–water partition coefficient (Wildman–Crippen LogP) is 0.395. The van der Waals surface area contributed by atoms with Crippen LogP contribution in [0.3, 0.4) is 0 Å². The summed E-state index contributed by atoms with van der Waals surface area (Å²) in [6.45, 7) is 4.26. The highest BCUT2D eigenvalue weighted by atomic mass is 15.2. The standard InChI is InChI=1S/C6H10N2/c1-3-5-6(3)8-4(2)7-5/h3,5-6H,1-2H3,(H,7,8)/t3?,5-,6?/m1/s1. The highest BCUT2D eigenvalue weighted by Crippen LogP contribution is 2.37. The highest BCUT2D eigenvalue weighted by Gasteiger charge is 2.50. The highest BCUT2D eigenvalue weighted by molar-refractivity contribution is 5.83. The molecule has 0 aromatic carbocycles. The Bertz CT molecular complexity index is 151. The van der Waals surface area contributed by atoms with E-state index >= 15 is 0 Å². The largest absolute Gasteiger partial charge is 0.369 e. The minimum absolute atomic E-state index is 0.634. The lowest BCUT2D eigenvalue weighted by molar-refractivity contribution is 0.805. The zero-order valence-corrected chi connectivity index (χ0v) is 5.18. The average Bonchev–Trinajstić information content (AvgIpc) is 2.29. The van der Waals surface area contributed by atoms with Gasteiger partial charge in [-0.25, -0.2) is 0 Å². The van der Waals surface area contributed by atoms with E-state index in [2.05, 4.69) is 17.2 Å². The van der Waals surface area contributed by atoms with Gasteiger partial charge in [0.15, 0.2) is 0 Å². The second-order valence-corrected chi connectivity index (χ2v) is 2.73. The van der Waals surface area contributed by atoms with E-state index in [0.717, 1.165) is 11.8 Å². The first-order chi connectivity index (χ1) is 3.79. The van der Waals surface area contributed by atoms with Crippen molar-refractivity contribution in [2.45, 2.75) is 25.9 Å². The number of aliphatic imine (C=N–C) groups is 1. The molecule has 1 aliphatic carbocycles. The van der Waals surface area contributed by atoms with Crippen LogP contribution in [0.2, 0.25) is 0 Å². The van der Waals surface area contributed by atoms with E-state index in [1.54, 1.807) is 0 Å². The maximum atomic E-state index is 4.35. The zero-order valence-electron chi connectivity index (χ0n) is 5.18. The number of hydrogen-bond acceptors (Lipinski definition) is 2. The van der Waals surface area contributed by atoms with Crippen molar-refractivity contribution in [3.05, 3.63) is 0 Å². The van der Waals surface area contributed by atoms with Crippen molar-refractivity contribution in [2.75, 3.05) is 0 Å². The minimum Gasteiger partial charge on any atom is -0.369 e. The third-order valence-corrected chi connectivity index (χ3v) is 2.05. The predicted molar refractivity (Wildman–Crippen MR) is 33.0 cm³/mol. The van der Waals surface area contributed by atoms with Gasteiger partial charge in [-0.3, -0.25) is 4.99 Å². The first-order valence-electron chi connectivity index (χ1n) is 3.10. The normalized spacial score (nSPS) is 49.8. The van der Waals surface area contributed by atoms with Crippen LogP contribution < -0.4 is 5.32 Å². The number of amidine groups is 1. The van der Waals surface area contributed by atoms with Crippen LogP contribution in [0.15, 0.2) is 4.99 Å². The van der Waals surface area contributed by atoms with Crippen LogP contribution in [0, 0.1) is 5.92 Å². The van der Waals surface area contributed by atoms with Crippen LogP contribution in [0.1, 0.15) is 13.8 Å². The molecule has 44 valence electrons. The molecule has 0 bridgehead atoms. The van der Waals surface area contributed by atoms with Crippen LogP contribution in [0.25, 0.3) is 0 Å². The van der Waals surface area contributed by atoms with Crippen molar-refractivity contribution < 1.29 is 0 Å². The van der Waals surface area contributed by atoms with E-state index in [1.165, 1.54) is 0 Å². The Morgan fingerprint density at radius 2 is 2.38 bits per heavy atom. The Balaban J connectivity index is 2.16. The maximum Gasteiger partial charge on any atom is 0.0939 e. The Hall–Kier alpha value is -0.530. The third-order valence-electron chi connectivity index (χ3n) is 2.05. The molecule has 3 atom stereocenters. The summed E-state index contributed by atoms with van der Waals surface area (Å²) in [6, 6.07) is 1.34. The van der Waals surface area contributed by atoms with Crippen LogP contribution in [-0.2, 0) is 0 Å². The molecule has 1 fully saturated rings.